The zero-order chi connectivity index (χ0) is 49.7. The minimum absolute atomic E-state index is 0.110. The minimum Gasteiger partial charge on any atom is -0.461 e. The number of esters is 6. The largest absolute Gasteiger partial charge is 0.461 e. The van der Waals surface area contributed by atoms with Gasteiger partial charge in [0.25, 0.3) is 5.60 Å². The fraction of sp³-hybridized carbons (Fsp3) is 0.733. The highest BCUT2D eigenvalue weighted by Crippen LogP contribution is 2.43. The molecule has 0 radical (unpaired) electrons. The molecule has 0 saturated heterocycles. The number of hydrogen-bond donors (Lipinski definition) is 0. The van der Waals surface area contributed by atoms with Gasteiger partial charge in [0.15, 0.2) is 0 Å². The van der Waals surface area contributed by atoms with Crippen LogP contribution < -0.4 is 0 Å². The van der Waals surface area contributed by atoms with Gasteiger partial charge in [0.1, 0.15) is 34.6 Å². The lowest BCUT2D eigenvalue weighted by Crippen LogP contribution is -2.55. The Morgan fingerprint density at radius 2 is 0.844 bits per heavy atom. The predicted molar refractivity (Wildman–Crippen MR) is 230 cm³/mol. The zero-order valence-corrected chi connectivity index (χ0v) is 40.6. The highest BCUT2D eigenvalue weighted by Gasteiger charge is 2.64. The standard InChI is InChI=1S/C45H72F3N3O13/c1-39(2,3)60-33(52)25-49(22-23-50(26-34(53)61-40(4,5)6)27-35(54)62-41(7,8)9)24-32(51(28-36(55)63-42(10,11)12)29-37(56)64-43(13,14)15)30-59-38(57)44(58-16,45(46,47)48)31-20-18-17-19-21-31/h17-21,32H,22-30H2,1-16H3/t32-,44+/m0/s1. The van der Waals surface area contributed by atoms with Gasteiger partial charge in [-0.2, -0.15) is 13.2 Å². The molecule has 1 aromatic carbocycles. The number of carbonyl (C=O) groups excluding carboxylic acids is 6. The average Bonchev–Trinajstić information content (AvgIpc) is 3.04. The molecule has 0 saturated carbocycles. The number of hydrogen-bond acceptors (Lipinski definition) is 16. The van der Waals surface area contributed by atoms with E-state index in [4.69, 9.17) is 33.2 Å². The number of rotatable bonds is 21. The molecule has 0 aliphatic carbocycles. The second-order valence-electron chi connectivity index (χ2n) is 20.3. The number of methoxy groups -OCH3 is 1. The van der Waals surface area contributed by atoms with E-state index < -0.39 is 127 Å². The van der Waals surface area contributed by atoms with Crippen LogP contribution in [0.4, 0.5) is 13.2 Å². The van der Waals surface area contributed by atoms with Crippen LogP contribution in [-0.4, -0.2) is 157 Å². The van der Waals surface area contributed by atoms with E-state index in [0.29, 0.717) is 7.11 Å². The third kappa shape index (κ3) is 22.5. The summed E-state index contributed by atoms with van der Waals surface area (Å²) in [6.07, 6.45) is -5.34. The Bertz CT molecular complexity index is 1650. The molecular formula is C45H72F3N3O13. The first-order valence-corrected chi connectivity index (χ1v) is 21.0. The number of ether oxygens (including phenoxy) is 7. The van der Waals surface area contributed by atoms with Crippen LogP contribution in [0.2, 0.25) is 0 Å². The van der Waals surface area contributed by atoms with Crippen LogP contribution in [0.1, 0.15) is 109 Å². The third-order valence-electron chi connectivity index (χ3n) is 8.12. The molecule has 0 N–H and O–H groups in total. The van der Waals surface area contributed by atoms with Gasteiger partial charge in [0.05, 0.1) is 38.8 Å². The minimum atomic E-state index is -5.34. The van der Waals surface area contributed by atoms with Crippen molar-refractivity contribution in [2.75, 3.05) is 66.1 Å². The molecule has 0 fully saturated rings. The summed E-state index contributed by atoms with van der Waals surface area (Å²) in [7, 11) is 0.708. The van der Waals surface area contributed by atoms with Crippen molar-refractivity contribution in [3.05, 3.63) is 35.9 Å². The van der Waals surface area contributed by atoms with E-state index in [-0.39, 0.29) is 19.6 Å². The number of carbonyl (C=O) groups is 6. The molecule has 0 bridgehead atoms. The Morgan fingerprint density at radius 3 is 1.17 bits per heavy atom. The van der Waals surface area contributed by atoms with Gasteiger partial charge < -0.3 is 33.2 Å². The maximum Gasteiger partial charge on any atom is 0.432 e. The topological polar surface area (TPSA) is 177 Å². The average molecular weight is 920 g/mol. The van der Waals surface area contributed by atoms with Gasteiger partial charge in [-0.25, -0.2) is 4.79 Å². The van der Waals surface area contributed by atoms with Gasteiger partial charge >= 0.3 is 42.0 Å². The van der Waals surface area contributed by atoms with E-state index in [2.05, 4.69) is 0 Å². The lowest BCUT2D eigenvalue weighted by molar-refractivity contribution is -0.276. The van der Waals surface area contributed by atoms with E-state index in [1.165, 1.54) is 32.9 Å². The maximum atomic E-state index is 15.0. The predicted octanol–water partition coefficient (Wildman–Crippen LogP) is 5.62. The smallest absolute Gasteiger partial charge is 0.432 e. The molecule has 366 valence electrons. The second kappa shape index (κ2) is 23.2. The van der Waals surface area contributed by atoms with Crippen molar-refractivity contribution < 1.29 is 75.1 Å². The van der Waals surface area contributed by atoms with Crippen LogP contribution in [0.5, 0.6) is 0 Å². The van der Waals surface area contributed by atoms with Gasteiger partial charge in [0.2, 0.25) is 0 Å². The SMILES string of the molecule is CO[C@@](C(=O)OC[C@H](CN(CCN(CC(=O)OC(C)(C)C)CC(=O)OC(C)(C)C)CC(=O)OC(C)(C)C)N(CC(=O)OC(C)(C)C)CC(=O)OC(C)(C)C)(c1ccccc1)C(F)(F)F. The summed E-state index contributed by atoms with van der Waals surface area (Å²) in [5.74, 6) is -5.65. The molecule has 16 nitrogen and oxygen atoms in total. The molecule has 0 spiro atoms. The van der Waals surface area contributed by atoms with E-state index in [9.17, 15) is 41.9 Å². The summed E-state index contributed by atoms with van der Waals surface area (Å²) in [4.78, 5) is 84.6. The summed E-state index contributed by atoms with van der Waals surface area (Å²) in [6, 6.07) is 4.78. The third-order valence-corrected chi connectivity index (χ3v) is 8.12. The van der Waals surface area contributed by atoms with Crippen molar-refractivity contribution in [1.82, 2.24) is 14.7 Å². The Kier molecular flexibility index (Phi) is 20.9. The van der Waals surface area contributed by atoms with E-state index >= 15 is 0 Å². The van der Waals surface area contributed by atoms with Gasteiger partial charge in [-0.1, -0.05) is 30.3 Å². The van der Waals surface area contributed by atoms with E-state index in [0.717, 1.165) is 12.1 Å². The fourth-order valence-corrected chi connectivity index (χ4v) is 6.03. The number of alkyl halides is 3. The van der Waals surface area contributed by atoms with Gasteiger partial charge in [0, 0.05) is 32.3 Å². The molecule has 2 atom stereocenters. The monoisotopic (exact) mass is 920 g/mol. The number of benzene rings is 1. The Labute approximate surface area is 376 Å². The highest BCUT2D eigenvalue weighted by molar-refractivity contribution is 5.83. The Hall–Kier alpha value is -4.33. The molecule has 0 aromatic heterocycles. The number of halogens is 3. The van der Waals surface area contributed by atoms with Crippen molar-refractivity contribution in [2.24, 2.45) is 0 Å². The lowest BCUT2D eigenvalue weighted by Gasteiger charge is -2.37. The van der Waals surface area contributed by atoms with Crippen LogP contribution >= 0.6 is 0 Å². The van der Waals surface area contributed by atoms with Crippen LogP contribution in [-0.2, 0) is 67.5 Å². The van der Waals surface area contributed by atoms with Crippen LogP contribution in [0.3, 0.4) is 0 Å². The zero-order valence-electron chi connectivity index (χ0n) is 40.6. The highest BCUT2D eigenvalue weighted by atomic mass is 19.4. The first-order chi connectivity index (χ1) is 28.8. The lowest BCUT2D eigenvalue weighted by atomic mass is 9.92. The van der Waals surface area contributed by atoms with Crippen molar-refractivity contribution in [1.29, 1.82) is 0 Å². The van der Waals surface area contributed by atoms with Crippen LogP contribution in [0.15, 0.2) is 30.3 Å². The molecule has 19 heteroatoms. The molecule has 64 heavy (non-hydrogen) atoms. The van der Waals surface area contributed by atoms with Crippen molar-refractivity contribution in [3.8, 4) is 0 Å². The van der Waals surface area contributed by atoms with Crippen molar-refractivity contribution >= 4 is 35.8 Å². The normalized spacial score (nSPS) is 14.4. The van der Waals surface area contributed by atoms with Crippen molar-refractivity contribution in [3.63, 3.8) is 0 Å². The summed E-state index contributed by atoms with van der Waals surface area (Å²) in [6.45, 7) is 20.5. The van der Waals surface area contributed by atoms with Gasteiger partial charge in [-0.05, 0) is 104 Å². The Balaban J connectivity index is 3.99. The van der Waals surface area contributed by atoms with Gasteiger partial charge in [-0.3, -0.25) is 38.7 Å². The summed E-state index contributed by atoms with van der Waals surface area (Å²) in [5, 5.41) is 0. The van der Waals surface area contributed by atoms with Crippen molar-refractivity contribution in [2.45, 2.75) is 150 Å². The molecular weight excluding hydrogens is 847 g/mol. The summed E-state index contributed by atoms with van der Waals surface area (Å²) >= 11 is 0. The van der Waals surface area contributed by atoms with Crippen LogP contribution in [0, 0.1) is 0 Å². The first kappa shape index (κ1) is 57.7. The molecule has 0 aliphatic heterocycles. The molecule has 1 aromatic rings. The second-order valence-corrected chi connectivity index (χ2v) is 20.3. The fourth-order valence-electron chi connectivity index (χ4n) is 6.03. The van der Waals surface area contributed by atoms with Gasteiger partial charge in [-0.15, -0.1) is 0 Å². The molecule has 1 rings (SSSR count). The summed E-state index contributed by atoms with van der Waals surface area (Å²) in [5.41, 5.74) is -8.90. The molecule has 0 amide bonds. The molecule has 0 unspecified atom stereocenters. The first-order valence-electron chi connectivity index (χ1n) is 21.0. The maximum absolute atomic E-state index is 15.0. The van der Waals surface area contributed by atoms with E-state index in [1.807, 2.05) is 0 Å². The summed E-state index contributed by atoms with van der Waals surface area (Å²) < 4.78 is 83.1. The van der Waals surface area contributed by atoms with Crippen LogP contribution in [0.25, 0.3) is 0 Å². The molecule has 0 aliphatic rings. The van der Waals surface area contributed by atoms with E-state index in [1.54, 1.807) is 104 Å². The number of nitrogens with zero attached hydrogens (tertiary/aromatic N) is 3. The Morgan fingerprint density at radius 1 is 0.516 bits per heavy atom. The molecule has 0 heterocycles. The quantitative estimate of drug-likeness (QED) is 0.110.